The number of aryl methyl sites for hydroxylation is 1. The zero-order valence-electron chi connectivity index (χ0n) is 12.4. The highest BCUT2D eigenvalue weighted by Crippen LogP contribution is 2.22. The molecule has 114 valence electrons. The molecule has 2 atom stereocenters. The molecule has 5 nitrogen and oxygen atoms in total. The van der Waals surface area contributed by atoms with Gasteiger partial charge in [-0.2, -0.15) is 0 Å². The summed E-state index contributed by atoms with van der Waals surface area (Å²) in [4.78, 5) is 25.1. The number of nitrogens with zero attached hydrogens (tertiary/aromatic N) is 1. The monoisotopic (exact) mass is 291 g/mol. The van der Waals surface area contributed by atoms with Crippen molar-refractivity contribution in [1.29, 1.82) is 0 Å². The molecule has 2 rings (SSSR count). The lowest BCUT2D eigenvalue weighted by atomic mass is 10.1. The molecule has 1 aromatic rings. The number of ether oxygens (including phenoxy) is 1. The molecule has 0 saturated carbocycles. The molecule has 0 radical (unpaired) electrons. The number of carboxylic acid groups (broad SMARTS) is 1. The molecule has 2 unspecified atom stereocenters. The minimum absolute atomic E-state index is 0.121. The molecule has 1 fully saturated rings. The maximum Gasteiger partial charge on any atom is 0.332 e. The molecule has 21 heavy (non-hydrogen) atoms. The summed E-state index contributed by atoms with van der Waals surface area (Å²) in [6, 6.07) is 7.93. The van der Waals surface area contributed by atoms with E-state index < -0.39 is 18.2 Å². The number of benzene rings is 1. The summed E-state index contributed by atoms with van der Waals surface area (Å²) in [7, 11) is 0. The number of aliphatic carboxylic acids is 1. The van der Waals surface area contributed by atoms with Crippen LogP contribution in [-0.2, 0) is 20.9 Å². The van der Waals surface area contributed by atoms with Gasteiger partial charge in [-0.1, -0.05) is 24.3 Å². The zero-order chi connectivity index (χ0) is 15.4. The van der Waals surface area contributed by atoms with E-state index in [1.54, 1.807) is 4.90 Å². The Morgan fingerprint density at radius 2 is 1.95 bits per heavy atom. The predicted octanol–water partition coefficient (Wildman–Crippen LogP) is 1.98. The number of carbonyl (C=O) groups excluding carboxylic acids is 1. The van der Waals surface area contributed by atoms with Crippen molar-refractivity contribution in [2.45, 2.75) is 45.4 Å². The van der Waals surface area contributed by atoms with Crippen LogP contribution in [0.25, 0.3) is 0 Å². The molecule has 0 spiro atoms. The molecule has 0 aromatic heterocycles. The highest BCUT2D eigenvalue weighted by Gasteiger charge is 2.36. The van der Waals surface area contributed by atoms with Crippen molar-refractivity contribution in [1.82, 2.24) is 4.90 Å². The van der Waals surface area contributed by atoms with Crippen LogP contribution in [0.5, 0.6) is 0 Å². The van der Waals surface area contributed by atoms with E-state index in [4.69, 9.17) is 9.84 Å². The average Bonchev–Trinajstić information content (AvgIpc) is 2.96. The lowest BCUT2D eigenvalue weighted by Gasteiger charge is -2.25. The van der Waals surface area contributed by atoms with Gasteiger partial charge in [0.2, 0.25) is 0 Å². The van der Waals surface area contributed by atoms with Crippen LogP contribution >= 0.6 is 0 Å². The van der Waals surface area contributed by atoms with E-state index >= 15 is 0 Å². The first-order valence-corrected chi connectivity index (χ1v) is 7.24. The van der Waals surface area contributed by atoms with Gasteiger partial charge in [-0.15, -0.1) is 0 Å². The maximum absolute atomic E-state index is 12.5. The van der Waals surface area contributed by atoms with Crippen molar-refractivity contribution >= 4 is 11.9 Å². The Balaban J connectivity index is 2.03. The smallest absolute Gasteiger partial charge is 0.332 e. The van der Waals surface area contributed by atoms with Crippen LogP contribution in [0, 0.1) is 6.92 Å². The summed E-state index contributed by atoms with van der Waals surface area (Å²) in [5, 5.41) is 8.93. The SMILES string of the molecule is CCN(Cc1ccccc1C)C(=O)C1CCC(C(=O)O)O1. The van der Waals surface area contributed by atoms with Gasteiger partial charge in [-0.25, -0.2) is 4.79 Å². The van der Waals surface area contributed by atoms with Gasteiger partial charge in [0, 0.05) is 13.1 Å². The Labute approximate surface area is 124 Å². The summed E-state index contributed by atoms with van der Waals surface area (Å²) in [5.74, 6) is -1.11. The van der Waals surface area contributed by atoms with Crippen LogP contribution < -0.4 is 0 Å². The lowest BCUT2D eigenvalue weighted by Crippen LogP contribution is -2.39. The van der Waals surface area contributed by atoms with Crippen LogP contribution in [0.1, 0.15) is 30.9 Å². The van der Waals surface area contributed by atoms with E-state index in [-0.39, 0.29) is 5.91 Å². The van der Waals surface area contributed by atoms with E-state index in [1.165, 1.54) is 0 Å². The van der Waals surface area contributed by atoms with Gasteiger partial charge in [-0.05, 0) is 37.8 Å². The van der Waals surface area contributed by atoms with Crippen molar-refractivity contribution < 1.29 is 19.4 Å². The normalized spacial score (nSPS) is 21.2. The fraction of sp³-hybridized carbons (Fsp3) is 0.500. The van der Waals surface area contributed by atoms with Gasteiger partial charge >= 0.3 is 5.97 Å². The Kier molecular flexibility index (Phi) is 4.96. The Hall–Kier alpha value is -1.88. The molecule has 1 aliphatic heterocycles. The number of hydrogen-bond donors (Lipinski definition) is 1. The predicted molar refractivity (Wildman–Crippen MR) is 77.8 cm³/mol. The molecule has 0 bridgehead atoms. The minimum atomic E-state index is -0.993. The number of amides is 1. The molecule has 1 aliphatic rings. The minimum Gasteiger partial charge on any atom is -0.479 e. The Morgan fingerprint density at radius 3 is 2.52 bits per heavy atom. The fourth-order valence-electron chi connectivity index (χ4n) is 2.54. The van der Waals surface area contributed by atoms with Crippen molar-refractivity contribution in [2.75, 3.05) is 6.54 Å². The lowest BCUT2D eigenvalue weighted by molar-refractivity contribution is -0.155. The summed E-state index contributed by atoms with van der Waals surface area (Å²) in [6.07, 6.45) is -0.612. The van der Waals surface area contributed by atoms with E-state index in [0.717, 1.165) is 11.1 Å². The molecule has 1 N–H and O–H groups in total. The molecular formula is C16H21NO4. The van der Waals surface area contributed by atoms with Crippen LogP contribution in [0.4, 0.5) is 0 Å². The molecule has 1 aromatic carbocycles. The topological polar surface area (TPSA) is 66.8 Å². The first-order chi connectivity index (χ1) is 10.0. The van der Waals surface area contributed by atoms with Gasteiger partial charge in [0.15, 0.2) is 6.10 Å². The molecular weight excluding hydrogens is 270 g/mol. The first kappa shape index (κ1) is 15.5. The third-order valence-electron chi connectivity index (χ3n) is 3.89. The van der Waals surface area contributed by atoms with Gasteiger partial charge in [0.05, 0.1) is 0 Å². The van der Waals surface area contributed by atoms with Crippen molar-refractivity contribution in [3.8, 4) is 0 Å². The van der Waals surface area contributed by atoms with Crippen LogP contribution in [0.2, 0.25) is 0 Å². The standard InChI is InChI=1S/C16H21NO4/c1-3-17(10-12-7-5-4-6-11(12)2)15(18)13-8-9-14(21-13)16(19)20/h4-7,13-14H,3,8-10H2,1-2H3,(H,19,20). The third kappa shape index (κ3) is 3.61. The second-order valence-corrected chi connectivity index (χ2v) is 5.31. The van der Waals surface area contributed by atoms with Crippen LogP contribution in [0.15, 0.2) is 24.3 Å². The second kappa shape index (κ2) is 6.72. The third-order valence-corrected chi connectivity index (χ3v) is 3.89. The van der Waals surface area contributed by atoms with Gasteiger partial charge in [0.25, 0.3) is 5.91 Å². The quantitative estimate of drug-likeness (QED) is 0.900. The Morgan fingerprint density at radius 1 is 1.29 bits per heavy atom. The maximum atomic E-state index is 12.5. The van der Waals surface area contributed by atoms with Crippen molar-refractivity contribution in [3.05, 3.63) is 35.4 Å². The van der Waals surface area contributed by atoms with Gasteiger partial charge in [-0.3, -0.25) is 4.79 Å². The fourth-order valence-corrected chi connectivity index (χ4v) is 2.54. The summed E-state index contributed by atoms with van der Waals surface area (Å²) >= 11 is 0. The number of carbonyl (C=O) groups is 2. The van der Waals surface area contributed by atoms with E-state index in [0.29, 0.717) is 25.9 Å². The number of rotatable bonds is 5. The highest BCUT2D eigenvalue weighted by molar-refractivity contribution is 5.82. The van der Waals surface area contributed by atoms with E-state index in [9.17, 15) is 9.59 Å². The zero-order valence-corrected chi connectivity index (χ0v) is 12.4. The largest absolute Gasteiger partial charge is 0.479 e. The van der Waals surface area contributed by atoms with Crippen LogP contribution in [0.3, 0.4) is 0 Å². The van der Waals surface area contributed by atoms with E-state index in [2.05, 4.69) is 0 Å². The molecule has 1 amide bonds. The van der Waals surface area contributed by atoms with Gasteiger partial charge in [0.1, 0.15) is 6.10 Å². The average molecular weight is 291 g/mol. The van der Waals surface area contributed by atoms with Gasteiger partial charge < -0.3 is 14.7 Å². The molecule has 1 saturated heterocycles. The summed E-state index contributed by atoms with van der Waals surface area (Å²) in [6.45, 7) is 5.03. The first-order valence-electron chi connectivity index (χ1n) is 7.24. The molecule has 1 heterocycles. The summed E-state index contributed by atoms with van der Waals surface area (Å²) in [5.41, 5.74) is 2.24. The Bertz CT molecular complexity index is 529. The van der Waals surface area contributed by atoms with Crippen molar-refractivity contribution in [2.24, 2.45) is 0 Å². The number of carboxylic acids is 1. The highest BCUT2D eigenvalue weighted by atomic mass is 16.5. The molecule has 5 heteroatoms. The van der Waals surface area contributed by atoms with Crippen LogP contribution in [-0.4, -0.2) is 40.6 Å². The number of hydrogen-bond acceptors (Lipinski definition) is 3. The van der Waals surface area contributed by atoms with E-state index in [1.807, 2.05) is 38.1 Å². The second-order valence-electron chi connectivity index (χ2n) is 5.31. The summed E-state index contributed by atoms with van der Waals surface area (Å²) < 4.78 is 5.34. The van der Waals surface area contributed by atoms with Crippen molar-refractivity contribution in [3.63, 3.8) is 0 Å². The number of likely N-dealkylation sites (N-methyl/N-ethyl adjacent to an activating group) is 1. The molecule has 0 aliphatic carbocycles.